The number of para-hydroxylation sites is 1. The summed E-state index contributed by atoms with van der Waals surface area (Å²) in [5.41, 5.74) is 2.17. The van der Waals surface area contributed by atoms with Gasteiger partial charge in [0, 0.05) is 12.0 Å². The van der Waals surface area contributed by atoms with Crippen LogP contribution in [0.5, 0.6) is 5.75 Å². The second-order valence-electron chi connectivity index (χ2n) is 4.37. The van der Waals surface area contributed by atoms with Crippen LogP contribution in [-0.2, 0) is 19.4 Å². The highest BCUT2D eigenvalue weighted by Gasteiger charge is 2.11. The Morgan fingerprint density at radius 2 is 2.11 bits per heavy atom. The Hall–Kier alpha value is -1.39. The minimum Gasteiger partial charge on any atom is -0.496 e. The van der Waals surface area contributed by atoms with Crippen molar-refractivity contribution in [1.82, 2.24) is 4.98 Å². The third kappa shape index (κ3) is 3.33. The number of nitrogens with zero attached hydrogens (tertiary/aromatic N) is 1. The fourth-order valence-corrected chi connectivity index (χ4v) is 3.08. The largest absolute Gasteiger partial charge is 0.496 e. The standard InChI is InChI=1S/C15H19NO2S/c1-3-6-12-14(10-17)19-15(16-12)9-11-7-4-5-8-13(11)18-2/h4-5,7-8,17H,3,6,9-10H2,1-2H3. The average Bonchev–Trinajstić information content (AvgIpc) is 2.82. The molecule has 0 atom stereocenters. The van der Waals surface area contributed by atoms with Crippen LogP contribution in [0.15, 0.2) is 24.3 Å². The van der Waals surface area contributed by atoms with Crippen molar-refractivity contribution in [2.24, 2.45) is 0 Å². The lowest BCUT2D eigenvalue weighted by atomic mass is 10.1. The number of aliphatic hydroxyl groups is 1. The zero-order chi connectivity index (χ0) is 13.7. The van der Waals surface area contributed by atoms with Crippen LogP contribution in [-0.4, -0.2) is 17.2 Å². The van der Waals surface area contributed by atoms with Gasteiger partial charge in [-0.3, -0.25) is 0 Å². The molecule has 1 aromatic heterocycles. The molecular formula is C15H19NO2S. The van der Waals surface area contributed by atoms with Gasteiger partial charge in [0.1, 0.15) is 5.75 Å². The van der Waals surface area contributed by atoms with E-state index in [-0.39, 0.29) is 6.61 Å². The van der Waals surface area contributed by atoms with Crippen molar-refractivity contribution in [2.75, 3.05) is 7.11 Å². The summed E-state index contributed by atoms with van der Waals surface area (Å²) in [4.78, 5) is 5.64. The number of rotatable bonds is 6. The molecule has 0 saturated heterocycles. The average molecular weight is 277 g/mol. The van der Waals surface area contributed by atoms with Gasteiger partial charge in [0.15, 0.2) is 0 Å². The van der Waals surface area contributed by atoms with Crippen LogP contribution in [0.2, 0.25) is 0 Å². The maximum absolute atomic E-state index is 9.37. The van der Waals surface area contributed by atoms with Crippen molar-refractivity contribution in [3.63, 3.8) is 0 Å². The van der Waals surface area contributed by atoms with Crippen LogP contribution in [0.25, 0.3) is 0 Å². The monoisotopic (exact) mass is 277 g/mol. The summed E-state index contributed by atoms with van der Waals surface area (Å²) in [5, 5.41) is 10.4. The van der Waals surface area contributed by atoms with Gasteiger partial charge in [0.25, 0.3) is 0 Å². The first-order valence-electron chi connectivity index (χ1n) is 6.48. The molecule has 3 nitrogen and oxygen atoms in total. The van der Waals surface area contributed by atoms with Gasteiger partial charge in [-0.1, -0.05) is 31.5 Å². The molecule has 2 rings (SSSR count). The van der Waals surface area contributed by atoms with Crippen molar-refractivity contribution >= 4 is 11.3 Å². The molecule has 0 aliphatic rings. The molecule has 1 aromatic carbocycles. The van der Waals surface area contributed by atoms with Crippen LogP contribution in [0.3, 0.4) is 0 Å². The van der Waals surface area contributed by atoms with Crippen molar-refractivity contribution in [1.29, 1.82) is 0 Å². The van der Waals surface area contributed by atoms with Gasteiger partial charge in [0.05, 0.1) is 29.3 Å². The Morgan fingerprint density at radius 1 is 1.32 bits per heavy atom. The molecule has 0 unspecified atom stereocenters. The number of thiazole rings is 1. The van der Waals surface area contributed by atoms with Gasteiger partial charge < -0.3 is 9.84 Å². The van der Waals surface area contributed by atoms with Gasteiger partial charge in [-0.15, -0.1) is 11.3 Å². The summed E-state index contributed by atoms with van der Waals surface area (Å²) >= 11 is 1.60. The minimum absolute atomic E-state index is 0.0823. The van der Waals surface area contributed by atoms with Crippen LogP contribution in [0.1, 0.15) is 34.5 Å². The zero-order valence-corrected chi connectivity index (χ0v) is 12.2. The van der Waals surface area contributed by atoms with Gasteiger partial charge in [-0.2, -0.15) is 0 Å². The summed E-state index contributed by atoms with van der Waals surface area (Å²) in [6.45, 7) is 2.21. The van der Waals surface area contributed by atoms with E-state index in [0.29, 0.717) is 0 Å². The molecule has 0 aliphatic carbocycles. The van der Waals surface area contributed by atoms with E-state index in [1.807, 2.05) is 18.2 Å². The van der Waals surface area contributed by atoms with Crippen molar-refractivity contribution in [3.8, 4) is 5.75 Å². The van der Waals surface area contributed by atoms with Crippen LogP contribution in [0, 0.1) is 0 Å². The molecular weight excluding hydrogens is 258 g/mol. The SMILES string of the molecule is CCCc1nc(Cc2ccccc2OC)sc1CO. The van der Waals surface area contributed by atoms with E-state index in [1.54, 1.807) is 18.4 Å². The maximum Gasteiger partial charge on any atom is 0.122 e. The van der Waals surface area contributed by atoms with Gasteiger partial charge in [-0.05, 0) is 12.5 Å². The number of hydrogen-bond acceptors (Lipinski definition) is 4. The van der Waals surface area contributed by atoms with Crippen molar-refractivity contribution in [2.45, 2.75) is 32.8 Å². The quantitative estimate of drug-likeness (QED) is 0.881. The molecule has 0 saturated carbocycles. The highest BCUT2D eigenvalue weighted by atomic mass is 32.1. The summed E-state index contributed by atoms with van der Waals surface area (Å²) in [6.07, 6.45) is 2.73. The number of aliphatic hydroxyl groups excluding tert-OH is 1. The van der Waals surface area contributed by atoms with Gasteiger partial charge >= 0.3 is 0 Å². The van der Waals surface area contributed by atoms with Gasteiger partial charge in [0.2, 0.25) is 0 Å². The molecule has 0 fully saturated rings. The number of methoxy groups -OCH3 is 1. The first-order valence-corrected chi connectivity index (χ1v) is 7.30. The molecule has 0 radical (unpaired) electrons. The third-order valence-corrected chi connectivity index (χ3v) is 4.07. The minimum atomic E-state index is 0.0823. The second kappa shape index (κ2) is 6.68. The van der Waals surface area contributed by atoms with E-state index in [4.69, 9.17) is 4.74 Å². The maximum atomic E-state index is 9.37. The molecule has 1 N–H and O–H groups in total. The molecule has 1 heterocycles. The topological polar surface area (TPSA) is 42.4 Å². The van der Waals surface area contributed by atoms with E-state index in [0.717, 1.165) is 46.2 Å². The Morgan fingerprint density at radius 3 is 2.79 bits per heavy atom. The Labute approximate surface area is 117 Å². The molecule has 0 spiro atoms. The number of benzene rings is 1. The highest BCUT2D eigenvalue weighted by Crippen LogP contribution is 2.26. The number of hydrogen-bond donors (Lipinski definition) is 1. The van der Waals surface area contributed by atoms with Crippen molar-refractivity contribution < 1.29 is 9.84 Å². The Bertz CT molecular complexity index is 537. The molecule has 0 aliphatic heterocycles. The summed E-state index contributed by atoms with van der Waals surface area (Å²) in [7, 11) is 1.68. The molecule has 2 aromatic rings. The fourth-order valence-electron chi connectivity index (χ4n) is 2.08. The van der Waals surface area contributed by atoms with Crippen LogP contribution < -0.4 is 4.74 Å². The molecule has 102 valence electrons. The van der Waals surface area contributed by atoms with Crippen LogP contribution >= 0.6 is 11.3 Å². The van der Waals surface area contributed by atoms with E-state index in [2.05, 4.69) is 18.0 Å². The first-order chi connectivity index (χ1) is 9.28. The van der Waals surface area contributed by atoms with Gasteiger partial charge in [-0.25, -0.2) is 4.98 Å². The fraction of sp³-hybridized carbons (Fsp3) is 0.400. The normalized spacial score (nSPS) is 10.7. The number of aryl methyl sites for hydroxylation is 1. The summed E-state index contributed by atoms with van der Waals surface area (Å²) in [5.74, 6) is 0.889. The van der Waals surface area contributed by atoms with E-state index < -0.39 is 0 Å². The summed E-state index contributed by atoms with van der Waals surface area (Å²) in [6, 6.07) is 7.98. The number of aromatic nitrogens is 1. The number of ether oxygens (including phenoxy) is 1. The third-order valence-electron chi connectivity index (χ3n) is 2.99. The lowest BCUT2D eigenvalue weighted by molar-refractivity contribution is 0.284. The smallest absolute Gasteiger partial charge is 0.122 e. The van der Waals surface area contributed by atoms with E-state index in [9.17, 15) is 5.11 Å². The predicted molar refractivity (Wildman–Crippen MR) is 77.8 cm³/mol. The lowest BCUT2D eigenvalue weighted by Crippen LogP contribution is -1.94. The molecule has 0 amide bonds. The lowest BCUT2D eigenvalue weighted by Gasteiger charge is -2.05. The predicted octanol–water partition coefficient (Wildman–Crippen LogP) is 3.19. The Balaban J connectivity index is 2.23. The van der Waals surface area contributed by atoms with E-state index in [1.165, 1.54) is 0 Å². The first kappa shape index (κ1) is 14.0. The second-order valence-corrected chi connectivity index (χ2v) is 5.54. The highest BCUT2D eigenvalue weighted by molar-refractivity contribution is 7.11. The molecule has 0 bridgehead atoms. The van der Waals surface area contributed by atoms with Crippen LogP contribution in [0.4, 0.5) is 0 Å². The summed E-state index contributed by atoms with van der Waals surface area (Å²) < 4.78 is 5.36. The Kier molecular flexibility index (Phi) is 4.93. The zero-order valence-electron chi connectivity index (χ0n) is 11.3. The molecule has 19 heavy (non-hydrogen) atoms. The van der Waals surface area contributed by atoms with Crippen molar-refractivity contribution in [3.05, 3.63) is 45.4 Å². The molecule has 4 heteroatoms. The van der Waals surface area contributed by atoms with E-state index >= 15 is 0 Å².